The Hall–Kier alpha value is -1.49. The quantitative estimate of drug-likeness (QED) is 0.898. The molecule has 2 aliphatic carbocycles. The summed E-state index contributed by atoms with van der Waals surface area (Å²) >= 11 is 0. The molecule has 0 aliphatic heterocycles. The summed E-state index contributed by atoms with van der Waals surface area (Å²) in [5, 5.41) is 12.4. The van der Waals surface area contributed by atoms with Gasteiger partial charge in [0.25, 0.3) is 0 Å². The SMILES string of the molecule is O=C(NC1CCCCC1CO)C1CC1c1cc(F)ccc1F. The third-order valence-electron chi connectivity index (χ3n) is 4.96. The highest BCUT2D eigenvalue weighted by Crippen LogP contribution is 2.48. The van der Waals surface area contributed by atoms with E-state index in [-0.39, 0.29) is 36.3 Å². The lowest BCUT2D eigenvalue weighted by atomic mass is 9.85. The van der Waals surface area contributed by atoms with Crippen molar-refractivity contribution in [2.24, 2.45) is 11.8 Å². The highest BCUT2D eigenvalue weighted by atomic mass is 19.1. The van der Waals surface area contributed by atoms with Crippen LogP contribution in [0.5, 0.6) is 0 Å². The fourth-order valence-corrected chi connectivity index (χ4v) is 3.53. The van der Waals surface area contributed by atoms with E-state index in [0.29, 0.717) is 12.0 Å². The van der Waals surface area contributed by atoms with Gasteiger partial charge in [0.15, 0.2) is 0 Å². The molecule has 2 N–H and O–H groups in total. The summed E-state index contributed by atoms with van der Waals surface area (Å²) in [6, 6.07) is 3.39. The van der Waals surface area contributed by atoms with E-state index >= 15 is 0 Å². The van der Waals surface area contributed by atoms with E-state index in [1.54, 1.807) is 0 Å². The Labute approximate surface area is 128 Å². The molecule has 0 saturated heterocycles. The predicted octanol–water partition coefficient (Wildman–Crippen LogP) is 2.74. The van der Waals surface area contributed by atoms with Gasteiger partial charge < -0.3 is 10.4 Å². The molecule has 5 heteroatoms. The molecule has 4 unspecified atom stereocenters. The van der Waals surface area contributed by atoms with E-state index in [0.717, 1.165) is 37.8 Å². The smallest absolute Gasteiger partial charge is 0.223 e. The van der Waals surface area contributed by atoms with Crippen molar-refractivity contribution in [3.8, 4) is 0 Å². The Morgan fingerprint density at radius 2 is 2.05 bits per heavy atom. The summed E-state index contributed by atoms with van der Waals surface area (Å²) in [6.07, 6.45) is 4.49. The summed E-state index contributed by atoms with van der Waals surface area (Å²) in [6.45, 7) is 0.0809. The first-order valence-corrected chi connectivity index (χ1v) is 7.96. The van der Waals surface area contributed by atoms with Gasteiger partial charge in [-0.1, -0.05) is 12.8 Å². The number of benzene rings is 1. The molecule has 1 aromatic rings. The lowest BCUT2D eigenvalue weighted by Crippen LogP contribution is -2.44. The third-order valence-corrected chi connectivity index (χ3v) is 4.96. The van der Waals surface area contributed by atoms with Gasteiger partial charge in [-0.25, -0.2) is 8.78 Å². The van der Waals surface area contributed by atoms with E-state index < -0.39 is 11.6 Å². The lowest BCUT2D eigenvalue weighted by molar-refractivity contribution is -0.123. The number of rotatable bonds is 4. The van der Waals surface area contributed by atoms with Crippen molar-refractivity contribution in [1.29, 1.82) is 0 Å². The predicted molar refractivity (Wildman–Crippen MR) is 78.2 cm³/mol. The van der Waals surface area contributed by atoms with Crippen molar-refractivity contribution < 1.29 is 18.7 Å². The van der Waals surface area contributed by atoms with Gasteiger partial charge in [0.1, 0.15) is 11.6 Å². The van der Waals surface area contributed by atoms with Crippen molar-refractivity contribution in [2.45, 2.75) is 44.1 Å². The van der Waals surface area contributed by atoms with Crippen LogP contribution in [-0.4, -0.2) is 23.7 Å². The van der Waals surface area contributed by atoms with Crippen LogP contribution in [0.15, 0.2) is 18.2 Å². The number of carbonyl (C=O) groups is 1. The molecule has 2 aliphatic rings. The maximum atomic E-state index is 13.7. The molecule has 4 atom stereocenters. The zero-order chi connectivity index (χ0) is 15.7. The second-order valence-electron chi connectivity index (χ2n) is 6.46. The van der Waals surface area contributed by atoms with E-state index in [9.17, 15) is 18.7 Å². The molecule has 1 amide bonds. The molecule has 0 bridgehead atoms. The topological polar surface area (TPSA) is 49.3 Å². The van der Waals surface area contributed by atoms with Crippen molar-refractivity contribution in [3.63, 3.8) is 0 Å². The van der Waals surface area contributed by atoms with Crippen molar-refractivity contribution in [2.75, 3.05) is 6.61 Å². The number of hydrogen-bond donors (Lipinski definition) is 2. The lowest BCUT2D eigenvalue weighted by Gasteiger charge is -2.31. The van der Waals surface area contributed by atoms with Crippen LogP contribution in [-0.2, 0) is 4.79 Å². The summed E-state index contributed by atoms with van der Waals surface area (Å²) in [5.74, 6) is -1.42. The summed E-state index contributed by atoms with van der Waals surface area (Å²) in [7, 11) is 0. The zero-order valence-electron chi connectivity index (χ0n) is 12.4. The standard InChI is InChI=1S/C17H21F2NO2/c18-11-5-6-15(19)13(7-11)12-8-14(12)17(22)20-16-4-2-1-3-10(16)9-21/h5-7,10,12,14,16,21H,1-4,8-9H2,(H,20,22). The Balaban J connectivity index is 1.62. The largest absolute Gasteiger partial charge is 0.396 e. The van der Waals surface area contributed by atoms with E-state index in [2.05, 4.69) is 5.32 Å². The van der Waals surface area contributed by atoms with Crippen LogP contribution in [0.1, 0.15) is 43.6 Å². The first-order chi connectivity index (χ1) is 10.6. The van der Waals surface area contributed by atoms with Gasteiger partial charge in [-0.2, -0.15) is 0 Å². The van der Waals surface area contributed by atoms with Crippen LogP contribution in [0.2, 0.25) is 0 Å². The van der Waals surface area contributed by atoms with Crippen molar-refractivity contribution in [1.82, 2.24) is 5.32 Å². The molecule has 120 valence electrons. The molecule has 2 fully saturated rings. The number of carbonyl (C=O) groups excluding carboxylic acids is 1. The van der Waals surface area contributed by atoms with Crippen LogP contribution < -0.4 is 5.32 Å². The van der Waals surface area contributed by atoms with Crippen LogP contribution in [0, 0.1) is 23.5 Å². The number of hydrogen-bond acceptors (Lipinski definition) is 2. The average Bonchev–Trinajstić information content (AvgIpc) is 3.31. The second-order valence-corrected chi connectivity index (χ2v) is 6.46. The highest BCUT2D eigenvalue weighted by molar-refractivity contribution is 5.83. The van der Waals surface area contributed by atoms with Gasteiger partial charge in [0.05, 0.1) is 0 Å². The van der Waals surface area contributed by atoms with Crippen LogP contribution >= 0.6 is 0 Å². The van der Waals surface area contributed by atoms with Crippen LogP contribution in [0.4, 0.5) is 8.78 Å². The molecule has 22 heavy (non-hydrogen) atoms. The molecule has 1 aromatic carbocycles. The first kappa shape index (κ1) is 15.4. The normalized spacial score (nSPS) is 30.9. The number of aliphatic hydroxyl groups excluding tert-OH is 1. The molecule has 3 nitrogen and oxygen atoms in total. The number of aliphatic hydroxyl groups is 1. The fourth-order valence-electron chi connectivity index (χ4n) is 3.53. The van der Waals surface area contributed by atoms with Gasteiger partial charge in [0.2, 0.25) is 5.91 Å². The van der Waals surface area contributed by atoms with Gasteiger partial charge in [-0.15, -0.1) is 0 Å². The minimum absolute atomic E-state index is 0.00450. The molecule has 0 spiro atoms. The highest BCUT2D eigenvalue weighted by Gasteiger charge is 2.46. The monoisotopic (exact) mass is 309 g/mol. The minimum Gasteiger partial charge on any atom is -0.396 e. The molecule has 0 aromatic heterocycles. The molecule has 2 saturated carbocycles. The van der Waals surface area contributed by atoms with Gasteiger partial charge in [-0.3, -0.25) is 4.79 Å². The van der Waals surface area contributed by atoms with Gasteiger partial charge in [-0.05, 0) is 48.9 Å². The number of halogens is 2. The Bertz CT molecular complexity index is 564. The average molecular weight is 309 g/mol. The number of nitrogens with one attached hydrogen (secondary N) is 1. The van der Waals surface area contributed by atoms with Crippen LogP contribution in [0.25, 0.3) is 0 Å². The molecule has 0 heterocycles. The Morgan fingerprint density at radius 1 is 1.27 bits per heavy atom. The van der Waals surface area contributed by atoms with Crippen molar-refractivity contribution in [3.05, 3.63) is 35.4 Å². The van der Waals surface area contributed by atoms with Gasteiger partial charge >= 0.3 is 0 Å². The van der Waals surface area contributed by atoms with E-state index in [1.165, 1.54) is 6.07 Å². The Morgan fingerprint density at radius 3 is 2.82 bits per heavy atom. The van der Waals surface area contributed by atoms with Crippen molar-refractivity contribution >= 4 is 5.91 Å². The van der Waals surface area contributed by atoms with Gasteiger partial charge in [0, 0.05) is 24.5 Å². The summed E-state index contributed by atoms with van der Waals surface area (Å²) < 4.78 is 27.0. The fraction of sp³-hybridized carbons (Fsp3) is 0.588. The minimum atomic E-state index is -0.477. The molecule has 3 rings (SSSR count). The van der Waals surface area contributed by atoms with E-state index in [4.69, 9.17) is 0 Å². The molecular formula is C17H21F2NO2. The first-order valence-electron chi connectivity index (χ1n) is 7.96. The maximum Gasteiger partial charge on any atom is 0.223 e. The van der Waals surface area contributed by atoms with Crippen LogP contribution in [0.3, 0.4) is 0 Å². The summed E-state index contributed by atoms with van der Waals surface area (Å²) in [5.41, 5.74) is 0.294. The van der Waals surface area contributed by atoms with E-state index in [1.807, 2.05) is 0 Å². The zero-order valence-corrected chi connectivity index (χ0v) is 12.4. The molecule has 0 radical (unpaired) electrons. The second kappa shape index (κ2) is 6.32. The Kier molecular flexibility index (Phi) is 4.43. The number of amides is 1. The third kappa shape index (κ3) is 3.14. The molecular weight excluding hydrogens is 288 g/mol. The maximum absolute atomic E-state index is 13.7. The summed E-state index contributed by atoms with van der Waals surface area (Å²) in [4.78, 5) is 12.3.